The Kier molecular flexibility index (Phi) is 6.03. The minimum absolute atomic E-state index is 0.127. The number of nitrogens with one attached hydrogen (secondary N) is 1. The van der Waals surface area contributed by atoms with Crippen molar-refractivity contribution in [2.24, 2.45) is 0 Å². The molecule has 94 valence electrons. The van der Waals surface area contributed by atoms with Crippen molar-refractivity contribution in [3.63, 3.8) is 0 Å². The molecule has 1 amide bonds. The highest BCUT2D eigenvalue weighted by Gasteiger charge is 2.29. The van der Waals surface area contributed by atoms with Crippen molar-refractivity contribution >= 4 is 51.7 Å². The third-order valence-corrected chi connectivity index (χ3v) is 4.65. The smallest absolute Gasteiger partial charge is 0.252 e. The molecule has 0 aliphatic rings. The minimum atomic E-state index is -0.529. The number of hydrogen-bond donors (Lipinski definition) is 1. The highest BCUT2D eigenvalue weighted by Crippen LogP contribution is 2.18. The van der Waals surface area contributed by atoms with Crippen molar-refractivity contribution in [2.45, 2.75) is 18.9 Å². The maximum Gasteiger partial charge on any atom is 0.252 e. The summed E-state index contributed by atoms with van der Waals surface area (Å²) in [5.41, 5.74) is 0.125. The Morgan fingerprint density at radius 3 is 2.41 bits per heavy atom. The summed E-state index contributed by atoms with van der Waals surface area (Å²) in [6.45, 7) is 1.96. The molecule has 1 N–H and O–H groups in total. The second-order valence-electron chi connectivity index (χ2n) is 3.84. The highest BCUT2D eigenvalue weighted by molar-refractivity contribution is 14.1. The molecule has 0 atom stereocenters. The molecule has 0 radical (unpaired) electrons. The van der Waals surface area contributed by atoms with Crippen LogP contribution in [0, 0.1) is 3.57 Å². The van der Waals surface area contributed by atoms with Crippen LogP contribution in [-0.4, -0.2) is 23.2 Å². The lowest BCUT2D eigenvalue weighted by atomic mass is 10.0. The molecular weight excluding hydrogens is 372 g/mol. The molecular formula is C12H14Cl2INO. The van der Waals surface area contributed by atoms with E-state index < -0.39 is 5.54 Å². The van der Waals surface area contributed by atoms with E-state index in [4.69, 9.17) is 23.2 Å². The number of benzene rings is 1. The average molecular weight is 386 g/mol. The average Bonchev–Trinajstić information content (AvgIpc) is 2.36. The van der Waals surface area contributed by atoms with E-state index in [1.807, 2.05) is 25.1 Å². The molecule has 17 heavy (non-hydrogen) atoms. The quantitative estimate of drug-likeness (QED) is 0.608. The molecule has 0 fully saturated rings. The van der Waals surface area contributed by atoms with Crippen LogP contribution in [0.15, 0.2) is 24.3 Å². The monoisotopic (exact) mass is 385 g/mol. The van der Waals surface area contributed by atoms with Crippen LogP contribution in [0.2, 0.25) is 0 Å². The number of amides is 1. The van der Waals surface area contributed by atoms with E-state index in [2.05, 4.69) is 27.9 Å². The van der Waals surface area contributed by atoms with Crippen molar-refractivity contribution in [1.29, 1.82) is 0 Å². The van der Waals surface area contributed by atoms with E-state index in [0.29, 0.717) is 23.7 Å². The fraction of sp³-hybridized carbons (Fsp3) is 0.417. The Labute approximate surface area is 125 Å². The maximum absolute atomic E-state index is 12.1. The first-order chi connectivity index (χ1) is 8.08. The third kappa shape index (κ3) is 3.73. The lowest BCUT2D eigenvalue weighted by molar-refractivity contribution is 0.0912. The van der Waals surface area contributed by atoms with Gasteiger partial charge in [-0.3, -0.25) is 4.79 Å². The number of rotatable bonds is 5. The van der Waals surface area contributed by atoms with Crippen LogP contribution in [0.4, 0.5) is 0 Å². The standard InChI is InChI=1S/C12H14Cl2INO/c1-2-12(7-13,8-14)16-11(17)9-5-3-4-6-10(9)15/h3-6H,2,7-8H2,1H3,(H,16,17). The first-order valence-electron chi connectivity index (χ1n) is 5.27. The number of carbonyl (C=O) groups is 1. The largest absolute Gasteiger partial charge is 0.344 e. The number of halogens is 3. The Morgan fingerprint density at radius 1 is 1.35 bits per heavy atom. The van der Waals surface area contributed by atoms with Crippen LogP contribution in [0.25, 0.3) is 0 Å². The van der Waals surface area contributed by atoms with E-state index in [9.17, 15) is 4.79 Å². The summed E-state index contributed by atoms with van der Waals surface area (Å²) in [6, 6.07) is 7.42. The fourth-order valence-corrected chi connectivity index (χ4v) is 2.76. The molecule has 5 heteroatoms. The summed E-state index contributed by atoms with van der Waals surface area (Å²) < 4.78 is 0.914. The maximum atomic E-state index is 12.1. The number of hydrogen-bond acceptors (Lipinski definition) is 1. The van der Waals surface area contributed by atoms with Gasteiger partial charge in [-0.2, -0.15) is 0 Å². The summed E-state index contributed by atoms with van der Waals surface area (Å²) in [4.78, 5) is 12.1. The first kappa shape index (κ1) is 15.1. The van der Waals surface area contributed by atoms with Crippen LogP contribution in [0.1, 0.15) is 23.7 Å². The van der Waals surface area contributed by atoms with Gasteiger partial charge in [0.2, 0.25) is 0 Å². The molecule has 0 heterocycles. The van der Waals surface area contributed by atoms with Crippen molar-refractivity contribution in [3.05, 3.63) is 33.4 Å². The van der Waals surface area contributed by atoms with Gasteiger partial charge in [0.15, 0.2) is 0 Å². The molecule has 0 aromatic heterocycles. The predicted molar refractivity (Wildman–Crippen MR) is 81.1 cm³/mol. The van der Waals surface area contributed by atoms with Gasteiger partial charge in [0.1, 0.15) is 0 Å². The lowest BCUT2D eigenvalue weighted by Gasteiger charge is -2.29. The van der Waals surface area contributed by atoms with Crippen molar-refractivity contribution < 1.29 is 4.79 Å². The normalized spacial score (nSPS) is 11.3. The second kappa shape index (κ2) is 6.81. The van der Waals surface area contributed by atoms with Crippen LogP contribution in [0.3, 0.4) is 0 Å². The van der Waals surface area contributed by atoms with Crippen molar-refractivity contribution in [3.8, 4) is 0 Å². The molecule has 0 saturated heterocycles. The predicted octanol–water partition coefficient (Wildman–Crippen LogP) is 3.65. The molecule has 0 bridgehead atoms. The Morgan fingerprint density at radius 2 is 1.94 bits per heavy atom. The zero-order valence-corrected chi connectivity index (χ0v) is 13.1. The summed E-state index contributed by atoms with van der Waals surface area (Å²) in [6.07, 6.45) is 0.704. The second-order valence-corrected chi connectivity index (χ2v) is 5.53. The Hall–Kier alpha value is -0.000000000000000111. The molecule has 1 rings (SSSR count). The zero-order valence-electron chi connectivity index (χ0n) is 9.47. The molecule has 0 saturated carbocycles. The van der Waals surface area contributed by atoms with Gasteiger partial charge in [0.25, 0.3) is 5.91 Å². The van der Waals surface area contributed by atoms with Gasteiger partial charge in [-0.05, 0) is 41.1 Å². The van der Waals surface area contributed by atoms with E-state index in [-0.39, 0.29) is 5.91 Å². The topological polar surface area (TPSA) is 29.1 Å². The number of alkyl halides is 2. The van der Waals surface area contributed by atoms with Gasteiger partial charge in [-0.15, -0.1) is 23.2 Å². The zero-order chi connectivity index (χ0) is 12.9. The lowest BCUT2D eigenvalue weighted by Crippen LogP contribution is -2.51. The van der Waals surface area contributed by atoms with E-state index in [0.717, 1.165) is 3.57 Å². The molecule has 0 aliphatic carbocycles. The highest BCUT2D eigenvalue weighted by atomic mass is 127. The minimum Gasteiger partial charge on any atom is -0.344 e. The summed E-state index contributed by atoms with van der Waals surface area (Å²) in [5, 5.41) is 2.93. The fourth-order valence-electron chi connectivity index (χ4n) is 1.33. The Bertz CT molecular complexity index is 386. The van der Waals surface area contributed by atoms with Crippen LogP contribution >= 0.6 is 45.8 Å². The molecule has 1 aromatic rings. The van der Waals surface area contributed by atoms with Gasteiger partial charge in [0.05, 0.1) is 11.1 Å². The molecule has 1 aromatic carbocycles. The molecule has 2 nitrogen and oxygen atoms in total. The van der Waals surface area contributed by atoms with Crippen LogP contribution in [0.5, 0.6) is 0 Å². The molecule has 0 aliphatic heterocycles. The van der Waals surface area contributed by atoms with Gasteiger partial charge in [-0.25, -0.2) is 0 Å². The summed E-state index contributed by atoms with van der Waals surface area (Å²) >= 11 is 13.9. The third-order valence-electron chi connectivity index (χ3n) is 2.69. The summed E-state index contributed by atoms with van der Waals surface area (Å²) in [7, 11) is 0. The van der Waals surface area contributed by atoms with Crippen molar-refractivity contribution in [2.75, 3.05) is 11.8 Å². The van der Waals surface area contributed by atoms with E-state index in [1.54, 1.807) is 6.07 Å². The van der Waals surface area contributed by atoms with Gasteiger partial charge < -0.3 is 5.32 Å². The molecule has 0 spiro atoms. The van der Waals surface area contributed by atoms with E-state index in [1.165, 1.54) is 0 Å². The SMILES string of the molecule is CCC(CCl)(CCl)NC(=O)c1ccccc1I. The van der Waals surface area contributed by atoms with Crippen molar-refractivity contribution in [1.82, 2.24) is 5.32 Å². The van der Waals surface area contributed by atoms with Crippen LogP contribution < -0.4 is 5.32 Å². The van der Waals surface area contributed by atoms with Gasteiger partial charge in [0, 0.05) is 15.3 Å². The summed E-state index contributed by atoms with van der Waals surface area (Å²) in [5.74, 6) is 0.489. The Balaban J connectivity index is 2.89. The van der Waals surface area contributed by atoms with Crippen LogP contribution in [-0.2, 0) is 0 Å². The van der Waals surface area contributed by atoms with E-state index >= 15 is 0 Å². The van der Waals surface area contributed by atoms with Gasteiger partial charge >= 0.3 is 0 Å². The van der Waals surface area contributed by atoms with Gasteiger partial charge in [-0.1, -0.05) is 19.1 Å². The molecule has 0 unspecified atom stereocenters. The number of carbonyl (C=O) groups excluding carboxylic acids is 1. The first-order valence-corrected chi connectivity index (χ1v) is 7.42.